The molecular formula is C29H31ClN2O5S. The highest BCUT2D eigenvalue weighted by Crippen LogP contribution is 2.40. The molecule has 2 aromatic carbocycles. The minimum Gasteiger partial charge on any atom is -0.481 e. The third-order valence-corrected chi connectivity index (χ3v) is 8.03. The van der Waals surface area contributed by atoms with Gasteiger partial charge in [0, 0.05) is 21.2 Å². The van der Waals surface area contributed by atoms with E-state index in [0.29, 0.717) is 38.5 Å². The van der Waals surface area contributed by atoms with E-state index < -0.39 is 12.1 Å². The van der Waals surface area contributed by atoms with Crippen molar-refractivity contribution in [2.45, 2.75) is 53.1 Å². The van der Waals surface area contributed by atoms with Crippen LogP contribution in [0.1, 0.15) is 63.9 Å². The number of fused-ring (bicyclic) bond motifs is 1. The maximum Gasteiger partial charge on any atom is 0.341 e. The molecule has 2 atom stereocenters. The first-order valence-corrected chi connectivity index (χ1v) is 13.8. The zero-order valence-corrected chi connectivity index (χ0v) is 23.4. The van der Waals surface area contributed by atoms with E-state index in [1.807, 2.05) is 13.0 Å². The molecule has 1 heterocycles. The van der Waals surface area contributed by atoms with Crippen LogP contribution in [-0.4, -0.2) is 30.5 Å². The normalized spacial score (nSPS) is 15.2. The predicted octanol–water partition coefficient (Wildman–Crippen LogP) is 6.67. The highest BCUT2D eigenvalue weighted by Gasteiger charge is 2.29. The van der Waals surface area contributed by atoms with E-state index in [1.165, 1.54) is 11.3 Å². The maximum atomic E-state index is 13.0. The summed E-state index contributed by atoms with van der Waals surface area (Å²) in [7, 11) is 0. The van der Waals surface area contributed by atoms with Crippen molar-refractivity contribution in [3.8, 4) is 5.75 Å². The molecule has 0 fully saturated rings. The summed E-state index contributed by atoms with van der Waals surface area (Å²) in [5.74, 6) is -0.0887. The van der Waals surface area contributed by atoms with Crippen molar-refractivity contribution >= 4 is 51.4 Å². The minimum absolute atomic E-state index is 0.268. The van der Waals surface area contributed by atoms with Crippen LogP contribution in [0.2, 0.25) is 5.02 Å². The molecular weight excluding hydrogens is 524 g/mol. The summed E-state index contributed by atoms with van der Waals surface area (Å²) in [6.45, 7) is 7.75. The number of anilines is 2. The molecule has 38 heavy (non-hydrogen) atoms. The number of esters is 1. The van der Waals surface area contributed by atoms with Crippen molar-refractivity contribution in [3.05, 3.63) is 74.6 Å². The van der Waals surface area contributed by atoms with Crippen molar-refractivity contribution in [2.24, 2.45) is 5.92 Å². The molecule has 0 unspecified atom stereocenters. The predicted molar refractivity (Wildman–Crippen MR) is 151 cm³/mol. The van der Waals surface area contributed by atoms with E-state index in [1.54, 1.807) is 50.2 Å². The second-order valence-electron chi connectivity index (χ2n) is 9.47. The highest BCUT2D eigenvalue weighted by molar-refractivity contribution is 7.17. The third kappa shape index (κ3) is 6.37. The SMILES string of the molecule is CCOC(=O)c1c(NC(=O)c2ccc(O[C@H](C)C(=O)Nc3ccc(C)c(Cl)c3)cc2)sc2c1CC[C@H](C)C2. The first kappa shape index (κ1) is 27.7. The number of nitrogens with one attached hydrogen (secondary N) is 2. The molecule has 1 aliphatic rings. The topological polar surface area (TPSA) is 93.7 Å². The Morgan fingerprint density at radius 1 is 1.13 bits per heavy atom. The Labute approximate surface area is 231 Å². The number of ether oxygens (including phenoxy) is 2. The number of benzene rings is 2. The zero-order chi connectivity index (χ0) is 27.4. The second-order valence-corrected chi connectivity index (χ2v) is 11.0. The lowest BCUT2D eigenvalue weighted by Gasteiger charge is -2.18. The zero-order valence-electron chi connectivity index (χ0n) is 21.9. The van der Waals surface area contributed by atoms with E-state index in [9.17, 15) is 14.4 Å². The molecule has 2 N–H and O–H groups in total. The van der Waals surface area contributed by atoms with Gasteiger partial charge in [0.1, 0.15) is 10.8 Å². The number of carbonyl (C=O) groups excluding carboxylic acids is 3. The van der Waals surface area contributed by atoms with Crippen LogP contribution in [0.4, 0.5) is 10.7 Å². The van der Waals surface area contributed by atoms with Crippen LogP contribution >= 0.6 is 22.9 Å². The number of amides is 2. The Morgan fingerprint density at radius 3 is 2.55 bits per heavy atom. The molecule has 3 aromatic rings. The summed E-state index contributed by atoms with van der Waals surface area (Å²) < 4.78 is 11.1. The van der Waals surface area contributed by atoms with E-state index in [2.05, 4.69) is 17.6 Å². The summed E-state index contributed by atoms with van der Waals surface area (Å²) in [4.78, 5) is 39.5. The van der Waals surface area contributed by atoms with Gasteiger partial charge in [-0.2, -0.15) is 0 Å². The fourth-order valence-electron chi connectivity index (χ4n) is 4.29. The number of aryl methyl sites for hydroxylation is 1. The smallest absolute Gasteiger partial charge is 0.341 e. The molecule has 0 aliphatic heterocycles. The van der Waals surface area contributed by atoms with Gasteiger partial charge >= 0.3 is 5.97 Å². The number of hydrogen-bond donors (Lipinski definition) is 2. The van der Waals surface area contributed by atoms with Crippen LogP contribution in [-0.2, 0) is 22.4 Å². The number of hydrogen-bond acceptors (Lipinski definition) is 6. The highest BCUT2D eigenvalue weighted by atomic mass is 35.5. The summed E-state index contributed by atoms with van der Waals surface area (Å²) in [5.41, 5.74) is 3.37. The quantitative estimate of drug-likeness (QED) is 0.303. The summed E-state index contributed by atoms with van der Waals surface area (Å²) in [6, 6.07) is 11.8. The van der Waals surface area contributed by atoms with Gasteiger partial charge in [0.25, 0.3) is 11.8 Å². The molecule has 0 radical (unpaired) electrons. The van der Waals surface area contributed by atoms with Crippen LogP contribution in [0.5, 0.6) is 5.75 Å². The summed E-state index contributed by atoms with van der Waals surface area (Å²) >= 11 is 7.58. The van der Waals surface area contributed by atoms with Gasteiger partial charge in [-0.25, -0.2) is 4.79 Å². The summed E-state index contributed by atoms with van der Waals surface area (Å²) in [6.07, 6.45) is 1.91. The fraction of sp³-hybridized carbons (Fsp3) is 0.345. The Kier molecular flexibility index (Phi) is 8.74. The largest absolute Gasteiger partial charge is 0.481 e. The minimum atomic E-state index is -0.776. The van der Waals surface area contributed by atoms with Gasteiger partial charge in [0.05, 0.1) is 12.2 Å². The first-order chi connectivity index (χ1) is 18.2. The third-order valence-electron chi connectivity index (χ3n) is 6.46. The molecule has 0 saturated heterocycles. The van der Waals surface area contributed by atoms with Crippen molar-refractivity contribution < 1.29 is 23.9 Å². The Bertz CT molecular complexity index is 1350. The second kappa shape index (κ2) is 12.0. The maximum absolute atomic E-state index is 13.0. The molecule has 1 aliphatic carbocycles. The van der Waals surface area contributed by atoms with Gasteiger partial charge < -0.3 is 20.1 Å². The molecule has 9 heteroatoms. The van der Waals surface area contributed by atoms with Gasteiger partial charge in [-0.05, 0) is 93.5 Å². The van der Waals surface area contributed by atoms with Crippen LogP contribution in [0, 0.1) is 12.8 Å². The molecule has 1 aromatic heterocycles. The van der Waals surface area contributed by atoms with Crippen molar-refractivity contribution in [1.82, 2.24) is 0 Å². The summed E-state index contributed by atoms with van der Waals surface area (Å²) in [5, 5.41) is 6.79. The van der Waals surface area contributed by atoms with Crippen molar-refractivity contribution in [2.75, 3.05) is 17.2 Å². The van der Waals surface area contributed by atoms with Crippen LogP contribution < -0.4 is 15.4 Å². The lowest BCUT2D eigenvalue weighted by Crippen LogP contribution is -2.30. The Hall–Kier alpha value is -3.36. The number of rotatable bonds is 8. The van der Waals surface area contributed by atoms with Gasteiger partial charge in [-0.3, -0.25) is 9.59 Å². The van der Waals surface area contributed by atoms with Crippen LogP contribution in [0.25, 0.3) is 0 Å². The van der Waals surface area contributed by atoms with E-state index in [4.69, 9.17) is 21.1 Å². The van der Waals surface area contributed by atoms with Crippen molar-refractivity contribution in [1.29, 1.82) is 0 Å². The molecule has 0 spiro atoms. The van der Waals surface area contributed by atoms with E-state index in [0.717, 1.165) is 35.3 Å². The fourth-order valence-corrected chi connectivity index (χ4v) is 5.86. The van der Waals surface area contributed by atoms with Crippen molar-refractivity contribution in [3.63, 3.8) is 0 Å². The first-order valence-electron chi connectivity index (χ1n) is 12.6. The lowest BCUT2D eigenvalue weighted by atomic mass is 9.88. The Morgan fingerprint density at radius 2 is 1.87 bits per heavy atom. The van der Waals surface area contributed by atoms with Crippen LogP contribution in [0.3, 0.4) is 0 Å². The van der Waals surface area contributed by atoms with E-state index >= 15 is 0 Å². The van der Waals surface area contributed by atoms with Gasteiger partial charge in [0.2, 0.25) is 0 Å². The van der Waals surface area contributed by atoms with Gasteiger partial charge in [-0.1, -0.05) is 24.6 Å². The van der Waals surface area contributed by atoms with Gasteiger partial charge in [0.15, 0.2) is 6.10 Å². The van der Waals surface area contributed by atoms with Gasteiger partial charge in [-0.15, -0.1) is 11.3 Å². The molecule has 7 nitrogen and oxygen atoms in total. The average Bonchev–Trinajstić information content (AvgIpc) is 3.23. The number of carbonyl (C=O) groups is 3. The Balaban J connectivity index is 1.42. The molecule has 4 rings (SSSR count). The number of thiophene rings is 1. The monoisotopic (exact) mass is 554 g/mol. The molecule has 0 bridgehead atoms. The van der Waals surface area contributed by atoms with E-state index in [-0.39, 0.29) is 18.4 Å². The number of halogens is 1. The molecule has 0 saturated carbocycles. The average molecular weight is 555 g/mol. The molecule has 200 valence electrons. The lowest BCUT2D eigenvalue weighted by molar-refractivity contribution is -0.122. The van der Waals surface area contributed by atoms with Crippen LogP contribution in [0.15, 0.2) is 42.5 Å². The molecule has 2 amide bonds. The standard InChI is InChI=1S/C29H31ClN2O5S/c1-5-36-29(35)25-22-13-6-16(2)14-24(22)38-28(25)32-27(34)19-8-11-21(12-9-19)37-18(4)26(33)31-20-10-7-17(3)23(30)15-20/h7-12,15-16,18H,5-6,13-14H2,1-4H3,(H,31,33)(H,32,34)/t16-,18+/m0/s1.